The Morgan fingerprint density at radius 2 is 2.12 bits per heavy atom. The van der Waals surface area contributed by atoms with E-state index in [1.54, 1.807) is 18.2 Å². The van der Waals surface area contributed by atoms with Gasteiger partial charge in [0.05, 0.1) is 11.7 Å². The minimum absolute atomic E-state index is 0.150. The van der Waals surface area contributed by atoms with Crippen LogP contribution < -0.4 is 5.73 Å². The number of hydrogen-bond acceptors (Lipinski definition) is 3. The fourth-order valence-electron chi connectivity index (χ4n) is 2.27. The van der Waals surface area contributed by atoms with E-state index in [-0.39, 0.29) is 12.0 Å². The molecule has 1 atom stereocenters. The topological polar surface area (TPSA) is 56.7 Å². The molecule has 2 N–H and O–H groups in total. The van der Waals surface area contributed by atoms with Crippen LogP contribution >= 0.6 is 0 Å². The van der Waals surface area contributed by atoms with Crippen molar-refractivity contribution in [3.8, 4) is 11.4 Å². The van der Waals surface area contributed by atoms with E-state index >= 15 is 0 Å². The maximum Gasteiger partial charge on any atom is 0.168 e. The number of hydrogen-bond donors (Lipinski definition) is 1. The summed E-state index contributed by atoms with van der Waals surface area (Å²) in [5.74, 6) is 1.09. The zero-order chi connectivity index (χ0) is 11.8. The third-order valence-corrected chi connectivity index (χ3v) is 3.11. The number of aryl methyl sites for hydroxylation is 1. The van der Waals surface area contributed by atoms with E-state index in [0.717, 1.165) is 25.1 Å². The van der Waals surface area contributed by atoms with Crippen LogP contribution in [0.1, 0.15) is 24.8 Å². The van der Waals surface area contributed by atoms with Gasteiger partial charge in [0.15, 0.2) is 5.82 Å². The van der Waals surface area contributed by atoms with Crippen molar-refractivity contribution in [3.63, 3.8) is 0 Å². The van der Waals surface area contributed by atoms with Crippen LogP contribution in [0.5, 0.6) is 0 Å². The molecule has 1 aliphatic rings. The molecule has 1 aromatic heterocycles. The zero-order valence-electron chi connectivity index (χ0n) is 9.31. The number of nitrogens with two attached hydrogens (primary N) is 1. The van der Waals surface area contributed by atoms with Crippen LogP contribution in [0.3, 0.4) is 0 Å². The van der Waals surface area contributed by atoms with Gasteiger partial charge in [0.1, 0.15) is 11.6 Å². The van der Waals surface area contributed by atoms with E-state index in [4.69, 9.17) is 5.73 Å². The first kappa shape index (κ1) is 10.4. The largest absolute Gasteiger partial charge is 0.311 e. The maximum atomic E-state index is 13.7. The Hall–Kier alpha value is -1.75. The van der Waals surface area contributed by atoms with E-state index in [9.17, 15) is 4.39 Å². The average Bonchev–Trinajstić information content (AvgIpc) is 2.75. The molecule has 0 spiro atoms. The average molecular weight is 232 g/mol. The summed E-state index contributed by atoms with van der Waals surface area (Å²) in [5.41, 5.74) is 6.50. The molecule has 0 fully saturated rings. The SMILES string of the molecule is NC1CCCc2nnc(-c3ccccc3F)n21. The highest BCUT2D eigenvalue weighted by atomic mass is 19.1. The predicted octanol–water partition coefficient (Wildman–Crippen LogP) is 1.88. The Morgan fingerprint density at radius 3 is 2.94 bits per heavy atom. The number of halogens is 1. The number of benzene rings is 1. The monoisotopic (exact) mass is 232 g/mol. The predicted molar refractivity (Wildman–Crippen MR) is 61.6 cm³/mol. The lowest BCUT2D eigenvalue weighted by Gasteiger charge is -2.22. The second-order valence-electron chi connectivity index (χ2n) is 4.25. The molecule has 0 radical (unpaired) electrons. The van der Waals surface area contributed by atoms with Gasteiger partial charge in [-0.1, -0.05) is 12.1 Å². The number of nitrogens with zero attached hydrogens (tertiary/aromatic N) is 3. The number of aromatic nitrogens is 3. The van der Waals surface area contributed by atoms with Gasteiger partial charge in [-0.05, 0) is 25.0 Å². The molecule has 1 aromatic carbocycles. The number of fused-ring (bicyclic) bond motifs is 1. The summed E-state index contributed by atoms with van der Waals surface area (Å²) < 4.78 is 15.6. The Morgan fingerprint density at radius 1 is 1.29 bits per heavy atom. The van der Waals surface area contributed by atoms with E-state index in [1.807, 2.05) is 4.57 Å². The normalized spacial score (nSPS) is 19.1. The minimum Gasteiger partial charge on any atom is -0.311 e. The summed E-state index contributed by atoms with van der Waals surface area (Å²) in [6.45, 7) is 0. The first-order chi connectivity index (χ1) is 8.27. The smallest absolute Gasteiger partial charge is 0.168 e. The molecule has 17 heavy (non-hydrogen) atoms. The highest BCUT2D eigenvalue weighted by Crippen LogP contribution is 2.28. The molecular weight excluding hydrogens is 219 g/mol. The van der Waals surface area contributed by atoms with Gasteiger partial charge in [-0.2, -0.15) is 0 Å². The second kappa shape index (κ2) is 3.92. The molecule has 0 aliphatic carbocycles. The Balaban J connectivity index is 2.17. The van der Waals surface area contributed by atoms with E-state index in [2.05, 4.69) is 10.2 Å². The van der Waals surface area contributed by atoms with Crippen molar-refractivity contribution >= 4 is 0 Å². The highest BCUT2D eigenvalue weighted by Gasteiger charge is 2.23. The lowest BCUT2D eigenvalue weighted by atomic mass is 10.1. The van der Waals surface area contributed by atoms with Crippen molar-refractivity contribution in [3.05, 3.63) is 35.9 Å². The second-order valence-corrected chi connectivity index (χ2v) is 4.25. The molecule has 0 saturated heterocycles. The highest BCUT2D eigenvalue weighted by molar-refractivity contribution is 5.56. The molecule has 2 heterocycles. The summed E-state index contributed by atoms with van der Waals surface area (Å²) in [6, 6.07) is 6.57. The summed E-state index contributed by atoms with van der Waals surface area (Å²) in [7, 11) is 0. The van der Waals surface area contributed by atoms with Crippen molar-refractivity contribution in [2.75, 3.05) is 0 Å². The maximum absolute atomic E-state index is 13.7. The summed E-state index contributed by atoms with van der Waals surface area (Å²) in [4.78, 5) is 0. The first-order valence-corrected chi connectivity index (χ1v) is 5.71. The molecule has 4 nitrogen and oxygen atoms in total. The molecule has 3 rings (SSSR count). The van der Waals surface area contributed by atoms with Crippen molar-refractivity contribution in [1.29, 1.82) is 0 Å². The summed E-state index contributed by atoms with van der Waals surface area (Å²) in [5, 5.41) is 8.16. The Labute approximate surface area is 98.3 Å². The van der Waals surface area contributed by atoms with Gasteiger partial charge >= 0.3 is 0 Å². The fraction of sp³-hybridized carbons (Fsp3) is 0.333. The summed E-state index contributed by atoms with van der Waals surface area (Å²) >= 11 is 0. The van der Waals surface area contributed by atoms with Crippen molar-refractivity contribution in [2.24, 2.45) is 5.73 Å². The molecule has 1 aliphatic heterocycles. The van der Waals surface area contributed by atoms with Gasteiger partial charge in [-0.25, -0.2) is 4.39 Å². The molecule has 2 aromatic rings. The lowest BCUT2D eigenvalue weighted by molar-refractivity contribution is 0.411. The molecule has 5 heteroatoms. The van der Waals surface area contributed by atoms with Gasteiger partial charge in [0, 0.05) is 6.42 Å². The van der Waals surface area contributed by atoms with Crippen LogP contribution in [-0.2, 0) is 6.42 Å². The van der Waals surface area contributed by atoms with Crippen LogP contribution in [0.2, 0.25) is 0 Å². The van der Waals surface area contributed by atoms with Crippen molar-refractivity contribution in [1.82, 2.24) is 14.8 Å². The van der Waals surface area contributed by atoms with Crippen LogP contribution in [0, 0.1) is 5.82 Å². The Bertz CT molecular complexity index is 549. The van der Waals surface area contributed by atoms with Gasteiger partial charge in [-0.3, -0.25) is 4.57 Å². The van der Waals surface area contributed by atoms with Crippen molar-refractivity contribution in [2.45, 2.75) is 25.4 Å². The van der Waals surface area contributed by atoms with Gasteiger partial charge in [0.25, 0.3) is 0 Å². The number of rotatable bonds is 1. The first-order valence-electron chi connectivity index (χ1n) is 5.71. The molecule has 0 bridgehead atoms. The van der Waals surface area contributed by atoms with Crippen molar-refractivity contribution < 1.29 is 4.39 Å². The molecule has 0 amide bonds. The molecule has 0 saturated carbocycles. The van der Waals surface area contributed by atoms with Crippen LogP contribution in [0.25, 0.3) is 11.4 Å². The Kier molecular flexibility index (Phi) is 2.40. The quantitative estimate of drug-likeness (QED) is 0.816. The molecular formula is C12H13FN4. The van der Waals surface area contributed by atoms with Gasteiger partial charge in [0.2, 0.25) is 0 Å². The van der Waals surface area contributed by atoms with Crippen LogP contribution in [-0.4, -0.2) is 14.8 Å². The molecule has 1 unspecified atom stereocenters. The van der Waals surface area contributed by atoms with Gasteiger partial charge in [-0.15, -0.1) is 10.2 Å². The molecule has 88 valence electrons. The fourth-order valence-corrected chi connectivity index (χ4v) is 2.27. The van der Waals surface area contributed by atoms with E-state index in [0.29, 0.717) is 11.4 Å². The third-order valence-electron chi connectivity index (χ3n) is 3.11. The summed E-state index contributed by atoms with van der Waals surface area (Å²) in [6.07, 6.45) is 2.60. The lowest BCUT2D eigenvalue weighted by Crippen LogP contribution is -2.25. The standard InChI is InChI=1S/C12H13FN4/c13-9-5-2-1-4-8(9)12-16-15-11-7-3-6-10(14)17(11)12/h1-2,4-5,10H,3,6-7,14H2. The minimum atomic E-state index is -0.291. The zero-order valence-corrected chi connectivity index (χ0v) is 9.31. The third kappa shape index (κ3) is 1.63. The van der Waals surface area contributed by atoms with E-state index in [1.165, 1.54) is 6.07 Å². The van der Waals surface area contributed by atoms with Crippen LogP contribution in [0.15, 0.2) is 24.3 Å². The van der Waals surface area contributed by atoms with E-state index < -0.39 is 0 Å². The van der Waals surface area contributed by atoms with Crippen LogP contribution in [0.4, 0.5) is 4.39 Å². The van der Waals surface area contributed by atoms with Gasteiger partial charge < -0.3 is 5.73 Å².